The molecule has 16 heavy (non-hydrogen) atoms. The monoisotopic (exact) mass is 297 g/mol. The molecule has 0 amide bonds. The molecule has 1 aromatic rings. The van der Waals surface area contributed by atoms with E-state index in [-0.39, 0.29) is 0 Å². The topological polar surface area (TPSA) is 21.6 Å². The number of hydrogen-bond donors (Lipinski definition) is 0. The molecule has 1 aliphatic rings. The van der Waals surface area contributed by atoms with E-state index in [0.29, 0.717) is 25.5 Å². The first-order chi connectivity index (χ1) is 7.56. The molecule has 0 N–H and O–H groups in total. The van der Waals surface area contributed by atoms with Crippen LogP contribution in [0, 0.1) is 5.92 Å². The molecule has 6 heteroatoms. The quantitative estimate of drug-likeness (QED) is 0.578. The fourth-order valence-corrected chi connectivity index (χ4v) is 3.96. The van der Waals surface area contributed by atoms with Crippen molar-refractivity contribution >= 4 is 51.9 Å². The molecule has 0 aromatic carbocycles. The fourth-order valence-electron chi connectivity index (χ4n) is 1.87. The number of halogens is 3. The van der Waals surface area contributed by atoms with Crippen molar-refractivity contribution < 1.29 is 4.84 Å². The SMILES string of the molecule is CON=C(C)[C@@H]1C[C@H]1c1c(Cl)sc(Cl)c1Cl. The number of nitrogens with zero attached hydrogens (tertiary/aromatic N) is 1. The lowest BCUT2D eigenvalue weighted by Crippen LogP contribution is -1.97. The molecule has 1 fully saturated rings. The standard InChI is InChI=1S/C10H10Cl3NOS/c1-4(14-15-2)5-3-6(5)7-8(11)10(13)16-9(7)12/h5-6H,3H2,1-2H3/t5-,6+/m0/s1. The summed E-state index contributed by atoms with van der Waals surface area (Å²) in [6.45, 7) is 1.95. The molecule has 0 aliphatic heterocycles. The Balaban J connectivity index is 2.20. The number of hydrogen-bond acceptors (Lipinski definition) is 3. The maximum atomic E-state index is 6.12. The lowest BCUT2D eigenvalue weighted by Gasteiger charge is -1.99. The molecule has 1 aromatic heterocycles. The smallest absolute Gasteiger partial charge is 0.113 e. The maximum absolute atomic E-state index is 6.12. The van der Waals surface area contributed by atoms with Crippen molar-refractivity contribution in [2.75, 3.05) is 7.11 Å². The number of rotatable bonds is 3. The highest BCUT2D eigenvalue weighted by molar-refractivity contribution is 7.20. The second-order valence-corrected chi connectivity index (χ2v) is 6.34. The number of oxime groups is 1. The summed E-state index contributed by atoms with van der Waals surface area (Å²) in [5, 5.41) is 4.52. The highest BCUT2D eigenvalue weighted by Crippen LogP contribution is 2.56. The summed E-state index contributed by atoms with van der Waals surface area (Å²) in [4.78, 5) is 4.75. The van der Waals surface area contributed by atoms with E-state index in [1.807, 2.05) is 6.92 Å². The van der Waals surface area contributed by atoms with Gasteiger partial charge in [0.15, 0.2) is 0 Å². The van der Waals surface area contributed by atoms with Crippen molar-refractivity contribution in [1.29, 1.82) is 0 Å². The Labute approximate surface area is 113 Å². The highest BCUT2D eigenvalue weighted by Gasteiger charge is 2.44. The summed E-state index contributed by atoms with van der Waals surface area (Å²) < 4.78 is 1.25. The molecule has 2 atom stereocenters. The van der Waals surface area contributed by atoms with E-state index in [1.165, 1.54) is 11.3 Å². The Morgan fingerprint density at radius 3 is 2.56 bits per heavy atom. The van der Waals surface area contributed by atoms with Crippen LogP contribution in [-0.4, -0.2) is 12.8 Å². The van der Waals surface area contributed by atoms with Crippen molar-refractivity contribution in [3.8, 4) is 0 Å². The van der Waals surface area contributed by atoms with Gasteiger partial charge in [0.05, 0.1) is 15.1 Å². The first kappa shape index (κ1) is 12.5. The van der Waals surface area contributed by atoms with Gasteiger partial charge in [0, 0.05) is 11.5 Å². The van der Waals surface area contributed by atoms with E-state index in [0.717, 1.165) is 17.7 Å². The molecule has 2 nitrogen and oxygen atoms in total. The van der Waals surface area contributed by atoms with Crippen LogP contribution in [0.25, 0.3) is 0 Å². The van der Waals surface area contributed by atoms with Crippen molar-refractivity contribution in [3.63, 3.8) is 0 Å². The van der Waals surface area contributed by atoms with Gasteiger partial charge in [-0.1, -0.05) is 40.0 Å². The van der Waals surface area contributed by atoms with Gasteiger partial charge in [0.25, 0.3) is 0 Å². The Kier molecular flexibility index (Phi) is 3.69. The van der Waals surface area contributed by atoms with Gasteiger partial charge < -0.3 is 4.84 Å². The van der Waals surface area contributed by atoms with E-state index in [1.54, 1.807) is 7.11 Å². The maximum Gasteiger partial charge on any atom is 0.113 e. The highest BCUT2D eigenvalue weighted by atomic mass is 35.5. The van der Waals surface area contributed by atoms with Crippen molar-refractivity contribution in [3.05, 3.63) is 19.3 Å². The Morgan fingerprint density at radius 1 is 1.38 bits per heavy atom. The molecular weight excluding hydrogens is 289 g/mol. The Morgan fingerprint density at radius 2 is 2.06 bits per heavy atom. The largest absolute Gasteiger partial charge is 0.399 e. The minimum absolute atomic E-state index is 0.336. The molecule has 88 valence electrons. The molecule has 0 radical (unpaired) electrons. The second-order valence-electron chi connectivity index (χ2n) is 3.74. The van der Waals surface area contributed by atoms with Gasteiger partial charge in [0.1, 0.15) is 11.4 Å². The molecule has 1 heterocycles. The molecule has 0 spiro atoms. The summed E-state index contributed by atoms with van der Waals surface area (Å²) in [5.41, 5.74) is 1.94. The predicted molar refractivity (Wildman–Crippen MR) is 70.3 cm³/mol. The third-order valence-electron chi connectivity index (χ3n) is 2.73. The van der Waals surface area contributed by atoms with Gasteiger partial charge in [-0.05, 0) is 19.3 Å². The number of thiophene rings is 1. The minimum atomic E-state index is 0.336. The van der Waals surface area contributed by atoms with Gasteiger partial charge in [-0.25, -0.2) is 0 Å². The van der Waals surface area contributed by atoms with E-state index in [4.69, 9.17) is 39.6 Å². The van der Waals surface area contributed by atoms with Crippen LogP contribution in [0.4, 0.5) is 0 Å². The zero-order valence-corrected chi connectivity index (χ0v) is 11.8. The van der Waals surface area contributed by atoms with Crippen molar-refractivity contribution in [2.24, 2.45) is 11.1 Å². The van der Waals surface area contributed by atoms with E-state index < -0.39 is 0 Å². The van der Waals surface area contributed by atoms with Crippen LogP contribution in [0.15, 0.2) is 5.16 Å². The Bertz CT molecular complexity index is 444. The third kappa shape index (κ3) is 2.19. The van der Waals surface area contributed by atoms with Crippen LogP contribution >= 0.6 is 46.1 Å². The minimum Gasteiger partial charge on any atom is -0.399 e. The van der Waals surface area contributed by atoms with Gasteiger partial charge >= 0.3 is 0 Å². The lowest BCUT2D eigenvalue weighted by atomic mass is 10.1. The summed E-state index contributed by atoms with van der Waals surface area (Å²) >= 11 is 19.5. The van der Waals surface area contributed by atoms with Crippen molar-refractivity contribution in [2.45, 2.75) is 19.3 Å². The molecule has 0 bridgehead atoms. The van der Waals surface area contributed by atoms with E-state index >= 15 is 0 Å². The van der Waals surface area contributed by atoms with E-state index in [2.05, 4.69) is 5.16 Å². The van der Waals surface area contributed by atoms with Gasteiger partial charge in [-0.2, -0.15) is 0 Å². The van der Waals surface area contributed by atoms with E-state index in [9.17, 15) is 0 Å². The summed E-state index contributed by atoms with van der Waals surface area (Å²) in [6.07, 6.45) is 1.01. The second kappa shape index (κ2) is 4.73. The lowest BCUT2D eigenvalue weighted by molar-refractivity contribution is 0.212. The van der Waals surface area contributed by atoms with Gasteiger partial charge in [-0.15, -0.1) is 11.3 Å². The van der Waals surface area contributed by atoms with Crippen molar-refractivity contribution in [1.82, 2.24) is 0 Å². The van der Waals surface area contributed by atoms with Crippen LogP contribution < -0.4 is 0 Å². The van der Waals surface area contributed by atoms with Crippen LogP contribution in [0.5, 0.6) is 0 Å². The normalized spacial score (nSPS) is 24.7. The predicted octanol–water partition coefficient (Wildman–Crippen LogP) is 4.83. The average Bonchev–Trinajstić information content (AvgIpc) is 2.93. The third-order valence-corrected chi connectivity index (χ3v) is 4.97. The molecular formula is C10H10Cl3NOS. The summed E-state index contributed by atoms with van der Waals surface area (Å²) in [5.74, 6) is 0.711. The molecule has 2 rings (SSSR count). The summed E-state index contributed by atoms with van der Waals surface area (Å²) in [6, 6.07) is 0. The Hall–Kier alpha value is 0.0400. The van der Waals surface area contributed by atoms with Crippen LogP contribution in [0.3, 0.4) is 0 Å². The molecule has 1 aliphatic carbocycles. The first-order valence-corrected chi connectivity index (χ1v) is 6.72. The first-order valence-electron chi connectivity index (χ1n) is 4.77. The van der Waals surface area contributed by atoms with Crippen LogP contribution in [-0.2, 0) is 4.84 Å². The van der Waals surface area contributed by atoms with Gasteiger partial charge in [-0.3, -0.25) is 0 Å². The fraction of sp³-hybridized carbons (Fsp3) is 0.500. The summed E-state index contributed by atoms with van der Waals surface area (Å²) in [7, 11) is 1.54. The zero-order valence-electron chi connectivity index (χ0n) is 8.76. The van der Waals surface area contributed by atoms with Crippen LogP contribution in [0.1, 0.15) is 24.8 Å². The van der Waals surface area contributed by atoms with Gasteiger partial charge in [0.2, 0.25) is 0 Å². The zero-order chi connectivity index (χ0) is 11.9. The van der Waals surface area contributed by atoms with Crippen LogP contribution in [0.2, 0.25) is 13.7 Å². The average molecular weight is 299 g/mol. The molecule has 0 saturated heterocycles. The molecule has 0 unspecified atom stereocenters. The molecule has 1 saturated carbocycles.